The Morgan fingerprint density at radius 1 is 1.00 bits per heavy atom. The van der Waals surface area contributed by atoms with E-state index in [2.05, 4.69) is 23.5 Å². The summed E-state index contributed by atoms with van der Waals surface area (Å²) in [6, 6.07) is 22.9. The number of fused-ring (bicyclic) bond motifs is 2. The molecule has 0 aliphatic carbocycles. The van der Waals surface area contributed by atoms with Gasteiger partial charge in [-0.05, 0) is 36.4 Å². The van der Waals surface area contributed by atoms with Crippen LogP contribution in [0.3, 0.4) is 0 Å². The number of thiazole rings is 1. The van der Waals surface area contributed by atoms with E-state index in [0.717, 1.165) is 35.7 Å². The predicted octanol–water partition coefficient (Wildman–Crippen LogP) is 6.84. The average molecular weight is 436 g/mol. The molecule has 1 aromatic heterocycles. The number of anilines is 1. The molecule has 142 valence electrons. The Hall–Kier alpha value is -2.81. The van der Waals surface area contributed by atoms with Gasteiger partial charge in [-0.2, -0.15) is 0 Å². The molecule has 0 unspecified atom stereocenters. The number of nitro benzene ring substituents is 1. The number of thioether (sulfide) groups is 2. The van der Waals surface area contributed by atoms with E-state index in [0.29, 0.717) is 0 Å². The van der Waals surface area contributed by atoms with Gasteiger partial charge >= 0.3 is 0 Å². The van der Waals surface area contributed by atoms with Gasteiger partial charge in [-0.25, -0.2) is 4.98 Å². The maximum Gasteiger partial charge on any atom is 0.269 e. The van der Waals surface area contributed by atoms with Gasteiger partial charge in [0.2, 0.25) is 0 Å². The summed E-state index contributed by atoms with van der Waals surface area (Å²) in [5, 5.41) is 16.4. The van der Waals surface area contributed by atoms with Crippen molar-refractivity contribution in [3.8, 4) is 0 Å². The van der Waals surface area contributed by atoms with Crippen LogP contribution < -0.4 is 5.32 Å². The molecule has 1 N–H and O–H groups in total. The van der Waals surface area contributed by atoms with Crippen LogP contribution in [0.25, 0.3) is 15.1 Å². The van der Waals surface area contributed by atoms with Crippen LogP contribution in [0.4, 0.5) is 11.4 Å². The van der Waals surface area contributed by atoms with E-state index in [-0.39, 0.29) is 10.6 Å². The first-order valence-corrected chi connectivity index (χ1v) is 11.2. The van der Waals surface area contributed by atoms with Gasteiger partial charge in [0.15, 0.2) is 0 Å². The smallest absolute Gasteiger partial charge is 0.269 e. The van der Waals surface area contributed by atoms with Crippen LogP contribution in [0.5, 0.6) is 0 Å². The van der Waals surface area contributed by atoms with Crippen molar-refractivity contribution in [1.29, 1.82) is 0 Å². The van der Waals surface area contributed by atoms with Crippen molar-refractivity contribution in [2.75, 3.05) is 5.32 Å². The van der Waals surface area contributed by atoms with Crippen LogP contribution in [0.15, 0.2) is 87.6 Å². The van der Waals surface area contributed by atoms with Crippen molar-refractivity contribution in [2.24, 2.45) is 0 Å². The second-order valence-electron chi connectivity index (χ2n) is 6.22. The van der Waals surface area contributed by atoms with E-state index in [1.54, 1.807) is 47.0 Å². The monoisotopic (exact) mass is 435 g/mol. The highest BCUT2D eigenvalue weighted by atomic mass is 32.2. The van der Waals surface area contributed by atoms with E-state index < -0.39 is 0 Å². The maximum absolute atomic E-state index is 11.0. The molecule has 0 bridgehead atoms. The van der Waals surface area contributed by atoms with E-state index in [1.165, 1.54) is 17.0 Å². The average Bonchev–Trinajstić information content (AvgIpc) is 3.36. The van der Waals surface area contributed by atoms with Gasteiger partial charge in [0.1, 0.15) is 5.01 Å². The van der Waals surface area contributed by atoms with E-state index in [1.807, 2.05) is 30.3 Å². The highest BCUT2D eigenvalue weighted by molar-refractivity contribution is 8.11. The van der Waals surface area contributed by atoms with Crippen molar-refractivity contribution in [3.63, 3.8) is 0 Å². The molecule has 0 saturated heterocycles. The minimum atomic E-state index is -0.383. The maximum atomic E-state index is 11.0. The molecule has 1 aliphatic rings. The zero-order valence-electron chi connectivity index (χ0n) is 14.9. The summed E-state index contributed by atoms with van der Waals surface area (Å²) >= 11 is 4.90. The Balaban J connectivity index is 1.58. The fraction of sp³-hybridized carbons (Fsp3) is 0. The summed E-state index contributed by atoms with van der Waals surface area (Å²) in [4.78, 5) is 18.5. The number of nitrogens with one attached hydrogen (secondary N) is 1. The number of non-ortho nitro benzene ring substituents is 1. The van der Waals surface area contributed by atoms with Gasteiger partial charge in [0, 0.05) is 21.9 Å². The van der Waals surface area contributed by atoms with Crippen molar-refractivity contribution in [1.82, 2.24) is 4.98 Å². The van der Waals surface area contributed by atoms with Gasteiger partial charge in [0.05, 0.1) is 30.8 Å². The lowest BCUT2D eigenvalue weighted by atomic mass is 10.3. The van der Waals surface area contributed by atoms with E-state index in [9.17, 15) is 10.1 Å². The first-order chi connectivity index (χ1) is 14.2. The third-order valence-corrected chi connectivity index (χ3v) is 7.82. The summed E-state index contributed by atoms with van der Waals surface area (Å²) in [5.74, 6) is 0. The van der Waals surface area contributed by atoms with Crippen LogP contribution in [-0.4, -0.2) is 9.91 Å². The lowest BCUT2D eigenvalue weighted by Gasteiger charge is -2.09. The van der Waals surface area contributed by atoms with Gasteiger partial charge in [-0.15, -0.1) is 11.3 Å². The molecule has 8 heteroatoms. The van der Waals surface area contributed by atoms with Crippen LogP contribution >= 0.6 is 34.9 Å². The molecule has 1 aliphatic heterocycles. The van der Waals surface area contributed by atoms with Gasteiger partial charge < -0.3 is 5.32 Å². The highest BCUT2D eigenvalue weighted by Crippen LogP contribution is 2.49. The summed E-state index contributed by atoms with van der Waals surface area (Å²) in [7, 11) is 0. The van der Waals surface area contributed by atoms with Crippen molar-refractivity contribution < 1.29 is 4.92 Å². The van der Waals surface area contributed by atoms with Crippen LogP contribution in [-0.2, 0) is 0 Å². The van der Waals surface area contributed by atoms with E-state index >= 15 is 0 Å². The number of para-hydroxylation sites is 2. The molecule has 3 aromatic carbocycles. The molecule has 0 atom stereocenters. The van der Waals surface area contributed by atoms with Gasteiger partial charge in [0.25, 0.3) is 5.69 Å². The van der Waals surface area contributed by atoms with Crippen molar-refractivity contribution >= 4 is 61.4 Å². The number of nitrogens with zero attached hydrogens (tertiary/aromatic N) is 2. The molecule has 2 heterocycles. The normalized spacial score (nSPS) is 14.5. The Morgan fingerprint density at radius 2 is 1.76 bits per heavy atom. The number of aromatic nitrogens is 1. The lowest BCUT2D eigenvalue weighted by Crippen LogP contribution is -1.93. The van der Waals surface area contributed by atoms with Crippen LogP contribution in [0.1, 0.15) is 5.01 Å². The number of nitro groups is 1. The quantitative estimate of drug-likeness (QED) is 0.215. The Labute approximate surface area is 179 Å². The Morgan fingerprint density at radius 3 is 2.52 bits per heavy atom. The number of hydrogen-bond acceptors (Lipinski definition) is 7. The standard InChI is InChI=1S/C21H13N3O2S3/c25-24(26)13-9-11-14(12-10-13)27-19(20-22-15-5-1-3-7-17(15)28-20)21-23-16-6-2-4-8-18(16)29-21/h1-12,22H. The fourth-order valence-electron chi connectivity index (χ4n) is 2.93. The number of benzene rings is 3. The molecule has 29 heavy (non-hydrogen) atoms. The Bertz CT molecular complexity index is 1210. The minimum Gasteiger partial charge on any atom is -0.348 e. The predicted molar refractivity (Wildman–Crippen MR) is 121 cm³/mol. The zero-order chi connectivity index (χ0) is 19.8. The van der Waals surface area contributed by atoms with Crippen molar-refractivity contribution in [2.45, 2.75) is 9.79 Å². The minimum absolute atomic E-state index is 0.0873. The van der Waals surface area contributed by atoms with Crippen molar-refractivity contribution in [3.05, 3.63) is 92.9 Å². The molecule has 0 amide bonds. The topological polar surface area (TPSA) is 68.1 Å². The molecule has 0 saturated carbocycles. The third-order valence-electron chi connectivity index (χ3n) is 4.31. The fourth-order valence-corrected chi connectivity index (χ4v) is 6.14. The summed E-state index contributed by atoms with van der Waals surface area (Å²) in [6.07, 6.45) is 0. The van der Waals surface area contributed by atoms with Gasteiger partial charge in [-0.1, -0.05) is 47.8 Å². The third kappa shape index (κ3) is 3.62. The first kappa shape index (κ1) is 18.2. The van der Waals surface area contributed by atoms with Crippen LogP contribution in [0.2, 0.25) is 0 Å². The van der Waals surface area contributed by atoms with Gasteiger partial charge in [-0.3, -0.25) is 10.1 Å². The Kier molecular flexibility index (Phi) is 4.75. The SMILES string of the molecule is O=[N+]([O-])c1ccc(SC(=C2Nc3ccccc3S2)c2nc3ccccc3s2)cc1. The molecule has 5 rings (SSSR count). The molecule has 0 radical (unpaired) electrons. The molecular weight excluding hydrogens is 422 g/mol. The summed E-state index contributed by atoms with van der Waals surface area (Å²) in [5.41, 5.74) is 2.13. The summed E-state index contributed by atoms with van der Waals surface area (Å²) < 4.78 is 1.13. The molecule has 0 fully saturated rings. The number of hydrogen-bond donors (Lipinski definition) is 1. The lowest BCUT2D eigenvalue weighted by molar-refractivity contribution is -0.384. The molecule has 5 nitrogen and oxygen atoms in total. The molecule has 0 spiro atoms. The van der Waals surface area contributed by atoms with E-state index in [4.69, 9.17) is 4.98 Å². The summed E-state index contributed by atoms with van der Waals surface area (Å²) in [6.45, 7) is 0. The second kappa shape index (κ2) is 7.55. The highest BCUT2D eigenvalue weighted by Gasteiger charge is 2.23. The second-order valence-corrected chi connectivity index (χ2v) is 9.39. The zero-order valence-corrected chi connectivity index (χ0v) is 17.3. The molecular formula is C21H13N3O2S3. The van der Waals surface area contributed by atoms with Crippen LogP contribution in [0, 0.1) is 10.1 Å². The first-order valence-electron chi connectivity index (χ1n) is 8.74. The number of rotatable bonds is 4. The molecule has 4 aromatic rings. The largest absolute Gasteiger partial charge is 0.348 e.